The molecule has 1 amide bonds. The van der Waals surface area contributed by atoms with Crippen LogP contribution >= 0.6 is 0 Å². The lowest BCUT2D eigenvalue weighted by Gasteiger charge is -2.30. The number of hydrogen-bond donors (Lipinski definition) is 3. The minimum atomic E-state index is -0.475. The second-order valence-corrected chi connectivity index (χ2v) is 7.64. The predicted octanol–water partition coefficient (Wildman–Crippen LogP) is 3.79. The van der Waals surface area contributed by atoms with Crippen LogP contribution in [0.3, 0.4) is 0 Å². The minimum Gasteiger partial charge on any atom is -0.423 e. The van der Waals surface area contributed by atoms with Gasteiger partial charge in [0.1, 0.15) is 5.75 Å². The van der Waals surface area contributed by atoms with Crippen LogP contribution in [0, 0.1) is 5.41 Å². The molecule has 0 spiro atoms. The highest BCUT2D eigenvalue weighted by Crippen LogP contribution is 2.17. The van der Waals surface area contributed by atoms with Crippen molar-refractivity contribution in [2.24, 2.45) is 5.73 Å². The Labute approximate surface area is 177 Å². The highest BCUT2D eigenvalue weighted by Gasteiger charge is 2.19. The standard InChI is InChI=1S/C23H30N4O3/c1-15(2)27(16(3)4)21(28)14-7-17-5-12-20(13-6-17)30-22(29)18-8-10-19(11-9-18)26-23(24)25/h5-6,8-13,15-16H,7,14H2,1-4H3,(H4,24,25,26). The molecule has 2 rings (SSSR count). The number of ether oxygens (including phenoxy) is 1. The van der Waals surface area contributed by atoms with Crippen LogP contribution in [-0.2, 0) is 11.2 Å². The Balaban J connectivity index is 1.91. The first kappa shape index (κ1) is 22.9. The molecular weight excluding hydrogens is 380 g/mol. The lowest BCUT2D eigenvalue weighted by molar-refractivity contribution is -0.134. The first-order valence-electron chi connectivity index (χ1n) is 10.0. The summed E-state index contributed by atoms with van der Waals surface area (Å²) >= 11 is 0. The van der Waals surface area contributed by atoms with Crippen molar-refractivity contribution in [3.8, 4) is 5.75 Å². The van der Waals surface area contributed by atoms with E-state index in [0.29, 0.717) is 29.8 Å². The van der Waals surface area contributed by atoms with Crippen LogP contribution < -0.4 is 15.8 Å². The Kier molecular flexibility index (Phi) is 7.98. The third-order valence-corrected chi connectivity index (χ3v) is 4.56. The van der Waals surface area contributed by atoms with E-state index in [0.717, 1.165) is 5.56 Å². The van der Waals surface area contributed by atoms with Crippen molar-refractivity contribution in [3.05, 3.63) is 59.7 Å². The summed E-state index contributed by atoms with van der Waals surface area (Å²) in [5.74, 6) is -0.0738. The number of hydrogen-bond acceptors (Lipinski definition) is 4. The molecule has 160 valence electrons. The van der Waals surface area contributed by atoms with Crippen LogP contribution in [0.15, 0.2) is 48.5 Å². The van der Waals surface area contributed by atoms with Crippen molar-refractivity contribution in [2.45, 2.75) is 52.6 Å². The van der Waals surface area contributed by atoms with Gasteiger partial charge in [0.25, 0.3) is 0 Å². The Hall–Kier alpha value is -3.35. The number of anilines is 1. The lowest BCUT2D eigenvalue weighted by Crippen LogP contribution is -2.42. The third-order valence-electron chi connectivity index (χ3n) is 4.56. The lowest BCUT2D eigenvalue weighted by atomic mass is 10.1. The van der Waals surface area contributed by atoms with Crippen molar-refractivity contribution in [2.75, 3.05) is 5.32 Å². The molecule has 2 aromatic carbocycles. The van der Waals surface area contributed by atoms with Gasteiger partial charge in [0, 0.05) is 24.2 Å². The largest absolute Gasteiger partial charge is 0.423 e. The fourth-order valence-corrected chi connectivity index (χ4v) is 3.29. The monoisotopic (exact) mass is 410 g/mol. The zero-order valence-corrected chi connectivity index (χ0v) is 17.9. The van der Waals surface area contributed by atoms with E-state index in [1.807, 2.05) is 44.7 Å². The molecule has 0 saturated carbocycles. The van der Waals surface area contributed by atoms with E-state index in [2.05, 4.69) is 5.32 Å². The van der Waals surface area contributed by atoms with Gasteiger partial charge in [0.2, 0.25) is 5.91 Å². The molecule has 0 bridgehead atoms. The average molecular weight is 411 g/mol. The van der Waals surface area contributed by atoms with Gasteiger partial charge in [-0.05, 0) is 76.1 Å². The fraction of sp³-hybridized carbons (Fsp3) is 0.348. The van der Waals surface area contributed by atoms with Gasteiger partial charge in [-0.15, -0.1) is 0 Å². The molecule has 0 aliphatic rings. The Morgan fingerprint density at radius 3 is 2.07 bits per heavy atom. The Morgan fingerprint density at radius 2 is 1.57 bits per heavy atom. The van der Waals surface area contributed by atoms with Crippen LogP contribution in [0.2, 0.25) is 0 Å². The van der Waals surface area contributed by atoms with Gasteiger partial charge in [-0.3, -0.25) is 10.2 Å². The molecule has 4 N–H and O–H groups in total. The van der Waals surface area contributed by atoms with Crippen LogP contribution in [-0.4, -0.2) is 34.8 Å². The molecule has 7 heteroatoms. The van der Waals surface area contributed by atoms with Gasteiger partial charge in [0.05, 0.1) is 5.56 Å². The highest BCUT2D eigenvalue weighted by molar-refractivity contribution is 5.93. The quantitative estimate of drug-likeness (QED) is 0.266. The normalized spacial score (nSPS) is 10.7. The number of esters is 1. The molecule has 0 aromatic heterocycles. The Bertz CT molecular complexity index is 866. The van der Waals surface area contributed by atoms with Crippen LogP contribution in [0.5, 0.6) is 5.75 Å². The van der Waals surface area contributed by atoms with Gasteiger partial charge in [-0.1, -0.05) is 12.1 Å². The zero-order valence-electron chi connectivity index (χ0n) is 17.9. The van der Waals surface area contributed by atoms with E-state index in [1.165, 1.54) is 0 Å². The van der Waals surface area contributed by atoms with Crippen molar-refractivity contribution in [1.29, 1.82) is 5.41 Å². The van der Waals surface area contributed by atoms with Crippen LogP contribution in [0.1, 0.15) is 50.0 Å². The zero-order chi connectivity index (χ0) is 22.3. The molecule has 0 heterocycles. The summed E-state index contributed by atoms with van der Waals surface area (Å²) in [5.41, 5.74) is 7.29. The molecule has 7 nitrogen and oxygen atoms in total. The number of carbonyl (C=O) groups excluding carboxylic acids is 2. The highest BCUT2D eigenvalue weighted by atomic mass is 16.5. The summed E-state index contributed by atoms with van der Waals surface area (Å²) in [6, 6.07) is 14.0. The maximum atomic E-state index is 12.5. The summed E-state index contributed by atoms with van der Waals surface area (Å²) in [6.07, 6.45) is 1.07. The molecular formula is C23H30N4O3. The summed E-state index contributed by atoms with van der Waals surface area (Å²) < 4.78 is 5.40. The predicted molar refractivity (Wildman–Crippen MR) is 119 cm³/mol. The second-order valence-electron chi connectivity index (χ2n) is 7.64. The van der Waals surface area contributed by atoms with E-state index >= 15 is 0 Å². The summed E-state index contributed by atoms with van der Waals surface area (Å²) in [7, 11) is 0. The fourth-order valence-electron chi connectivity index (χ4n) is 3.29. The van der Waals surface area contributed by atoms with E-state index < -0.39 is 5.97 Å². The van der Waals surface area contributed by atoms with Crippen molar-refractivity contribution < 1.29 is 14.3 Å². The number of nitrogens with two attached hydrogens (primary N) is 1. The number of rotatable bonds is 8. The van der Waals surface area contributed by atoms with Crippen molar-refractivity contribution in [3.63, 3.8) is 0 Å². The number of aryl methyl sites for hydroxylation is 1. The number of carbonyl (C=O) groups is 2. The van der Waals surface area contributed by atoms with E-state index in [9.17, 15) is 9.59 Å². The van der Waals surface area contributed by atoms with E-state index in [4.69, 9.17) is 15.9 Å². The minimum absolute atomic E-state index is 0.137. The summed E-state index contributed by atoms with van der Waals surface area (Å²) in [5, 5.41) is 9.85. The van der Waals surface area contributed by atoms with E-state index in [-0.39, 0.29) is 24.0 Å². The molecule has 0 aliphatic heterocycles. The molecule has 0 radical (unpaired) electrons. The van der Waals surface area contributed by atoms with Crippen LogP contribution in [0.4, 0.5) is 5.69 Å². The first-order chi connectivity index (χ1) is 14.2. The van der Waals surface area contributed by atoms with Crippen molar-refractivity contribution in [1.82, 2.24) is 4.90 Å². The summed E-state index contributed by atoms with van der Waals surface area (Å²) in [6.45, 7) is 8.09. The number of nitrogens with zero attached hydrogens (tertiary/aromatic N) is 1. The number of amides is 1. The molecule has 0 atom stereocenters. The van der Waals surface area contributed by atoms with Gasteiger partial charge in [0.15, 0.2) is 5.96 Å². The smallest absolute Gasteiger partial charge is 0.343 e. The van der Waals surface area contributed by atoms with Gasteiger partial charge >= 0.3 is 5.97 Å². The topological polar surface area (TPSA) is 109 Å². The van der Waals surface area contributed by atoms with Gasteiger partial charge in [-0.2, -0.15) is 0 Å². The SMILES string of the molecule is CC(C)N(C(=O)CCc1ccc(OC(=O)c2ccc(NC(=N)N)cc2)cc1)C(C)C. The number of guanidine groups is 1. The summed E-state index contributed by atoms with van der Waals surface area (Å²) in [4.78, 5) is 26.7. The number of benzene rings is 2. The first-order valence-corrected chi connectivity index (χ1v) is 10.0. The molecule has 2 aromatic rings. The maximum Gasteiger partial charge on any atom is 0.343 e. The molecule has 0 unspecified atom stereocenters. The molecule has 30 heavy (non-hydrogen) atoms. The molecule has 0 aliphatic carbocycles. The van der Waals surface area contributed by atoms with Crippen molar-refractivity contribution >= 4 is 23.5 Å². The maximum absolute atomic E-state index is 12.5. The molecule has 0 fully saturated rings. The third kappa shape index (κ3) is 6.62. The van der Waals surface area contributed by atoms with Gasteiger partial charge in [-0.25, -0.2) is 4.79 Å². The Morgan fingerprint density at radius 1 is 1.00 bits per heavy atom. The second kappa shape index (κ2) is 10.4. The van der Waals surface area contributed by atoms with Gasteiger partial charge < -0.3 is 20.7 Å². The van der Waals surface area contributed by atoms with E-state index in [1.54, 1.807) is 36.4 Å². The molecule has 0 saturated heterocycles. The number of nitrogens with one attached hydrogen (secondary N) is 2. The average Bonchev–Trinajstić information content (AvgIpc) is 2.67. The van der Waals surface area contributed by atoms with Crippen LogP contribution in [0.25, 0.3) is 0 Å².